The molecule has 0 rings (SSSR count). The summed E-state index contributed by atoms with van der Waals surface area (Å²) in [7, 11) is -6.23. The van der Waals surface area contributed by atoms with E-state index in [-0.39, 0.29) is 0 Å². The van der Waals surface area contributed by atoms with Crippen molar-refractivity contribution in [3.63, 3.8) is 0 Å². The summed E-state index contributed by atoms with van der Waals surface area (Å²) in [6, 6.07) is 0. The SMILES string of the molecule is C[SiH2]O[Si](Cl)(O[SiH](C)C)O[Si](C)(C)C. The first-order valence-electron chi connectivity index (χ1n) is 4.89. The Morgan fingerprint density at radius 2 is 1.71 bits per heavy atom. The normalized spacial score (nSPS) is 18.0. The van der Waals surface area contributed by atoms with Gasteiger partial charge in [-0.3, -0.25) is 0 Å². The molecule has 0 N–H and O–H groups in total. The zero-order chi connectivity index (χ0) is 11.4. The maximum atomic E-state index is 6.30. The average Bonchev–Trinajstić information content (AvgIpc) is 1.78. The molecule has 0 aliphatic rings. The fourth-order valence-electron chi connectivity index (χ4n) is 0.907. The molecule has 1 atom stereocenters. The molecule has 0 aromatic rings. The summed E-state index contributed by atoms with van der Waals surface area (Å²) in [6.07, 6.45) is 0. The minimum atomic E-state index is -2.79. The van der Waals surface area contributed by atoms with Crippen molar-refractivity contribution in [1.29, 1.82) is 0 Å². The van der Waals surface area contributed by atoms with Gasteiger partial charge in [-0.15, -0.1) is 0 Å². The fourth-order valence-corrected chi connectivity index (χ4v) is 14.4. The average molecular weight is 289 g/mol. The predicted octanol–water partition coefficient (Wildman–Crippen LogP) is 1.66. The Morgan fingerprint density at radius 1 is 1.21 bits per heavy atom. The van der Waals surface area contributed by atoms with E-state index in [2.05, 4.69) is 32.7 Å². The minimum absolute atomic E-state index is 0.578. The van der Waals surface area contributed by atoms with Gasteiger partial charge in [0, 0.05) is 0 Å². The van der Waals surface area contributed by atoms with E-state index in [4.69, 9.17) is 23.4 Å². The molecule has 0 amide bonds. The molecule has 8 heteroatoms. The van der Waals surface area contributed by atoms with Gasteiger partial charge in [0.15, 0.2) is 27.1 Å². The molecule has 3 nitrogen and oxygen atoms in total. The van der Waals surface area contributed by atoms with Gasteiger partial charge in [0.2, 0.25) is 0 Å². The highest BCUT2D eigenvalue weighted by atomic mass is 35.6. The summed E-state index contributed by atoms with van der Waals surface area (Å²) < 4.78 is 17.2. The minimum Gasteiger partial charge on any atom is -0.411 e. The van der Waals surface area contributed by atoms with Crippen molar-refractivity contribution in [3.05, 3.63) is 0 Å². The van der Waals surface area contributed by atoms with E-state index in [1.807, 2.05) is 6.55 Å². The van der Waals surface area contributed by atoms with Gasteiger partial charge in [-0.1, -0.05) is 17.6 Å². The summed E-state index contributed by atoms with van der Waals surface area (Å²) in [5, 5.41) is 0. The quantitative estimate of drug-likeness (QED) is 0.550. The molecule has 0 spiro atoms. The smallest absolute Gasteiger partial charge is 0.411 e. The Bertz CT molecular complexity index is 175. The lowest BCUT2D eigenvalue weighted by atomic mass is 11.8. The lowest BCUT2D eigenvalue weighted by Gasteiger charge is -2.31. The van der Waals surface area contributed by atoms with Crippen LogP contribution in [0.5, 0.6) is 0 Å². The standard InChI is InChI=1S/C6H21ClO3Si4/c1-11-8-14(7,9-12(2)3)10-13(4,5)6/h12H,11H2,1-6H3. The second-order valence-corrected chi connectivity index (χ2v) is 16.5. The van der Waals surface area contributed by atoms with E-state index in [1.54, 1.807) is 0 Å². The van der Waals surface area contributed by atoms with Gasteiger partial charge in [-0.2, -0.15) is 0 Å². The maximum absolute atomic E-state index is 6.30. The number of rotatable bonds is 6. The first kappa shape index (κ1) is 15.0. The van der Waals surface area contributed by atoms with Gasteiger partial charge in [-0.05, 0) is 32.7 Å². The zero-order valence-electron chi connectivity index (χ0n) is 9.89. The fraction of sp³-hybridized carbons (Fsp3) is 1.00. The van der Waals surface area contributed by atoms with E-state index in [9.17, 15) is 0 Å². The van der Waals surface area contributed by atoms with Gasteiger partial charge < -0.3 is 12.3 Å². The van der Waals surface area contributed by atoms with Crippen molar-refractivity contribution in [2.24, 2.45) is 0 Å². The van der Waals surface area contributed by atoms with Gasteiger partial charge in [0.25, 0.3) is 0 Å². The highest BCUT2D eigenvalue weighted by molar-refractivity contribution is 7.14. The summed E-state index contributed by atoms with van der Waals surface area (Å²) in [5.74, 6) is 0. The summed E-state index contributed by atoms with van der Waals surface area (Å²) in [4.78, 5) is 0. The molecule has 14 heavy (non-hydrogen) atoms. The van der Waals surface area contributed by atoms with Crippen LogP contribution in [0.3, 0.4) is 0 Å². The molecule has 0 fully saturated rings. The van der Waals surface area contributed by atoms with Crippen molar-refractivity contribution >= 4 is 46.3 Å². The molecule has 0 aliphatic heterocycles. The molecule has 1 unspecified atom stereocenters. The van der Waals surface area contributed by atoms with Crippen LogP contribution in [0.1, 0.15) is 0 Å². The van der Waals surface area contributed by atoms with Crippen LogP contribution < -0.4 is 0 Å². The van der Waals surface area contributed by atoms with Crippen molar-refractivity contribution in [2.45, 2.75) is 39.3 Å². The van der Waals surface area contributed by atoms with Crippen molar-refractivity contribution in [1.82, 2.24) is 0 Å². The zero-order valence-corrected chi connectivity index (χ0v) is 15.2. The van der Waals surface area contributed by atoms with Crippen LogP contribution in [0.25, 0.3) is 0 Å². The Balaban J connectivity index is 4.38. The third kappa shape index (κ3) is 7.35. The monoisotopic (exact) mass is 288 g/mol. The van der Waals surface area contributed by atoms with E-state index in [0.29, 0.717) is 0 Å². The maximum Gasteiger partial charge on any atom is 0.581 e. The van der Waals surface area contributed by atoms with E-state index in [0.717, 1.165) is 0 Å². The first-order chi connectivity index (χ1) is 6.18. The largest absolute Gasteiger partial charge is 0.581 e. The highest BCUT2D eigenvalue weighted by Gasteiger charge is 2.43. The van der Waals surface area contributed by atoms with Crippen LogP contribution in [-0.4, -0.2) is 35.2 Å². The van der Waals surface area contributed by atoms with Crippen LogP contribution >= 0.6 is 11.1 Å². The Kier molecular flexibility index (Phi) is 6.38. The predicted molar refractivity (Wildman–Crippen MR) is 71.5 cm³/mol. The molecular formula is C6H21ClO3Si4. The molecule has 0 saturated heterocycles. The lowest BCUT2D eigenvalue weighted by Crippen LogP contribution is -2.50. The van der Waals surface area contributed by atoms with Crippen molar-refractivity contribution in [2.75, 3.05) is 0 Å². The molecule has 0 radical (unpaired) electrons. The van der Waals surface area contributed by atoms with Crippen molar-refractivity contribution < 1.29 is 12.3 Å². The molecule has 0 bridgehead atoms. The van der Waals surface area contributed by atoms with Crippen LogP contribution in [-0.2, 0) is 12.3 Å². The third-order valence-corrected chi connectivity index (χ3v) is 12.6. The van der Waals surface area contributed by atoms with Gasteiger partial charge in [-0.25, -0.2) is 0 Å². The second kappa shape index (κ2) is 5.94. The number of halogens is 1. The van der Waals surface area contributed by atoms with Crippen LogP contribution in [0.2, 0.25) is 39.3 Å². The van der Waals surface area contributed by atoms with Crippen LogP contribution in [0.4, 0.5) is 0 Å². The molecular weight excluding hydrogens is 268 g/mol. The Hall–Kier alpha value is 1.04. The Labute approximate surface area is 98.0 Å². The summed E-state index contributed by atoms with van der Waals surface area (Å²) >= 11 is 6.30. The van der Waals surface area contributed by atoms with Gasteiger partial charge in [0.1, 0.15) is 0 Å². The molecule has 86 valence electrons. The van der Waals surface area contributed by atoms with Gasteiger partial charge in [0.05, 0.1) is 0 Å². The summed E-state index contributed by atoms with van der Waals surface area (Å²) in [5.41, 5.74) is 0. The van der Waals surface area contributed by atoms with E-state index in [1.165, 1.54) is 0 Å². The molecule has 0 heterocycles. The van der Waals surface area contributed by atoms with E-state index >= 15 is 0 Å². The van der Waals surface area contributed by atoms with Crippen molar-refractivity contribution in [3.8, 4) is 0 Å². The topological polar surface area (TPSA) is 27.7 Å². The van der Waals surface area contributed by atoms with Gasteiger partial charge >= 0.3 is 8.11 Å². The molecule has 0 saturated carbocycles. The Morgan fingerprint density at radius 3 is 2.00 bits per heavy atom. The van der Waals surface area contributed by atoms with Crippen LogP contribution in [0, 0.1) is 0 Å². The first-order valence-corrected chi connectivity index (χ1v) is 15.8. The molecule has 0 aromatic heterocycles. The molecule has 0 aliphatic carbocycles. The summed E-state index contributed by atoms with van der Waals surface area (Å²) in [6.45, 7) is 12.5. The van der Waals surface area contributed by atoms with E-state index < -0.39 is 35.2 Å². The number of hydrogen-bond acceptors (Lipinski definition) is 3. The lowest BCUT2D eigenvalue weighted by molar-refractivity contribution is 0.300. The second-order valence-electron chi connectivity index (χ2n) is 4.30. The number of hydrogen-bond donors (Lipinski definition) is 0. The third-order valence-electron chi connectivity index (χ3n) is 1.12. The van der Waals surface area contributed by atoms with Crippen LogP contribution in [0.15, 0.2) is 0 Å². The molecule has 0 aromatic carbocycles. The highest BCUT2D eigenvalue weighted by Crippen LogP contribution is 2.21.